The zero-order valence-electron chi connectivity index (χ0n) is 10.8. The molecule has 0 heterocycles. The minimum atomic E-state index is 0.232. The van der Waals surface area contributed by atoms with E-state index in [1.807, 2.05) is 0 Å². The Bertz CT molecular complexity index is 149. The molecule has 0 rings (SSSR count). The maximum Gasteiger partial charge on any atom is 0.00998 e. The Kier molecular flexibility index (Phi) is 5.68. The van der Waals surface area contributed by atoms with E-state index < -0.39 is 0 Å². The van der Waals surface area contributed by atoms with Gasteiger partial charge < -0.3 is 10.6 Å². The molecule has 0 fully saturated rings. The first-order chi connectivity index (χ1) is 6.29. The van der Waals surface area contributed by atoms with Crippen molar-refractivity contribution in [3.05, 3.63) is 0 Å². The summed E-state index contributed by atoms with van der Waals surface area (Å²) in [6.07, 6.45) is 2.30. The molecule has 2 atom stereocenters. The van der Waals surface area contributed by atoms with Crippen molar-refractivity contribution in [1.29, 1.82) is 0 Å². The van der Waals surface area contributed by atoms with E-state index in [9.17, 15) is 0 Å². The van der Waals surface area contributed by atoms with E-state index in [0.717, 1.165) is 13.0 Å². The fraction of sp³-hybridized carbons (Fsp3) is 1.00. The van der Waals surface area contributed by atoms with Gasteiger partial charge in [0, 0.05) is 12.1 Å². The van der Waals surface area contributed by atoms with Crippen LogP contribution in [0.15, 0.2) is 0 Å². The first kappa shape index (κ1) is 13.9. The van der Waals surface area contributed by atoms with Crippen LogP contribution in [0.1, 0.15) is 47.5 Å². The molecule has 0 aliphatic carbocycles. The van der Waals surface area contributed by atoms with Crippen molar-refractivity contribution in [3.8, 4) is 0 Å². The van der Waals surface area contributed by atoms with Crippen LogP contribution in [0.3, 0.4) is 0 Å². The predicted octanol–water partition coefficient (Wildman–Crippen LogP) is 2.48. The molecule has 86 valence electrons. The number of hydrogen-bond acceptors (Lipinski definition) is 2. The van der Waals surface area contributed by atoms with E-state index in [4.69, 9.17) is 5.73 Å². The molecule has 0 aliphatic heterocycles. The van der Waals surface area contributed by atoms with Crippen molar-refractivity contribution >= 4 is 0 Å². The second-order valence-corrected chi connectivity index (χ2v) is 5.50. The summed E-state index contributed by atoms with van der Waals surface area (Å²) >= 11 is 0. The molecular formula is C12H28N2. The second-order valence-electron chi connectivity index (χ2n) is 5.50. The minimum absolute atomic E-state index is 0.232. The summed E-state index contributed by atoms with van der Waals surface area (Å²) in [7, 11) is 2.18. The van der Waals surface area contributed by atoms with Crippen molar-refractivity contribution in [2.24, 2.45) is 11.1 Å². The van der Waals surface area contributed by atoms with Crippen LogP contribution in [-0.2, 0) is 0 Å². The average Bonchev–Trinajstić information content (AvgIpc) is 2.10. The van der Waals surface area contributed by atoms with Gasteiger partial charge >= 0.3 is 0 Å². The molecule has 0 radical (unpaired) electrons. The number of nitrogens with zero attached hydrogens (tertiary/aromatic N) is 1. The zero-order valence-corrected chi connectivity index (χ0v) is 10.8. The monoisotopic (exact) mass is 200 g/mol. The van der Waals surface area contributed by atoms with E-state index >= 15 is 0 Å². The third-order valence-electron chi connectivity index (χ3n) is 3.25. The van der Waals surface area contributed by atoms with Crippen molar-refractivity contribution in [2.75, 3.05) is 13.6 Å². The Morgan fingerprint density at radius 2 is 1.79 bits per heavy atom. The molecule has 0 aliphatic rings. The summed E-state index contributed by atoms with van der Waals surface area (Å²) in [5.74, 6) is 0. The Labute approximate surface area is 89.9 Å². The average molecular weight is 200 g/mol. The standard InChI is InChI=1S/C12H28N2/c1-7-10(2)14(6)9-8-11(13)12(3,4)5/h10-11H,7-9,13H2,1-6H3. The molecule has 0 aromatic heterocycles. The molecule has 0 aromatic carbocycles. The molecular weight excluding hydrogens is 172 g/mol. The molecule has 0 spiro atoms. The van der Waals surface area contributed by atoms with Gasteiger partial charge in [0.15, 0.2) is 0 Å². The van der Waals surface area contributed by atoms with E-state index in [2.05, 4.69) is 46.6 Å². The van der Waals surface area contributed by atoms with Gasteiger partial charge in [-0.3, -0.25) is 0 Å². The highest BCUT2D eigenvalue weighted by atomic mass is 15.1. The lowest BCUT2D eigenvalue weighted by Crippen LogP contribution is -2.39. The lowest BCUT2D eigenvalue weighted by atomic mass is 9.85. The number of nitrogens with two attached hydrogens (primary N) is 1. The number of rotatable bonds is 5. The fourth-order valence-electron chi connectivity index (χ4n) is 1.31. The van der Waals surface area contributed by atoms with Gasteiger partial charge in [-0.25, -0.2) is 0 Å². The highest BCUT2D eigenvalue weighted by molar-refractivity contribution is 4.78. The second kappa shape index (κ2) is 5.72. The molecule has 0 aromatic rings. The Hall–Kier alpha value is -0.0800. The lowest BCUT2D eigenvalue weighted by molar-refractivity contribution is 0.215. The van der Waals surface area contributed by atoms with Gasteiger partial charge in [-0.05, 0) is 38.8 Å². The van der Waals surface area contributed by atoms with Crippen LogP contribution in [-0.4, -0.2) is 30.6 Å². The summed E-state index contributed by atoms with van der Waals surface area (Å²) in [5, 5.41) is 0. The Balaban J connectivity index is 3.83. The van der Waals surface area contributed by atoms with Crippen LogP contribution in [0.2, 0.25) is 0 Å². The van der Waals surface area contributed by atoms with E-state index in [1.54, 1.807) is 0 Å². The third-order valence-corrected chi connectivity index (χ3v) is 3.25. The van der Waals surface area contributed by atoms with Gasteiger partial charge in [-0.15, -0.1) is 0 Å². The first-order valence-electron chi connectivity index (χ1n) is 5.74. The smallest absolute Gasteiger partial charge is 0.00998 e. The third kappa shape index (κ3) is 4.97. The SMILES string of the molecule is CCC(C)N(C)CCC(N)C(C)(C)C. The van der Waals surface area contributed by atoms with Crippen molar-refractivity contribution in [1.82, 2.24) is 4.90 Å². The van der Waals surface area contributed by atoms with Gasteiger partial charge in [0.05, 0.1) is 0 Å². The highest BCUT2D eigenvalue weighted by Crippen LogP contribution is 2.20. The van der Waals surface area contributed by atoms with Gasteiger partial charge in [-0.1, -0.05) is 27.7 Å². The summed E-state index contributed by atoms with van der Waals surface area (Å²) < 4.78 is 0. The largest absolute Gasteiger partial charge is 0.327 e. The first-order valence-corrected chi connectivity index (χ1v) is 5.74. The van der Waals surface area contributed by atoms with Crippen molar-refractivity contribution in [3.63, 3.8) is 0 Å². The quantitative estimate of drug-likeness (QED) is 0.739. The summed E-state index contributed by atoms with van der Waals surface area (Å²) in [6.45, 7) is 12.2. The molecule has 0 saturated carbocycles. The Morgan fingerprint density at radius 3 is 2.14 bits per heavy atom. The van der Waals surface area contributed by atoms with Gasteiger partial charge in [0.25, 0.3) is 0 Å². The van der Waals surface area contributed by atoms with Crippen LogP contribution in [0.25, 0.3) is 0 Å². The van der Waals surface area contributed by atoms with E-state index in [1.165, 1.54) is 6.42 Å². The van der Waals surface area contributed by atoms with Crippen LogP contribution in [0, 0.1) is 5.41 Å². The predicted molar refractivity (Wildman–Crippen MR) is 64.4 cm³/mol. The lowest BCUT2D eigenvalue weighted by Gasteiger charge is -2.30. The maximum absolute atomic E-state index is 6.11. The van der Waals surface area contributed by atoms with Crippen molar-refractivity contribution < 1.29 is 0 Å². The van der Waals surface area contributed by atoms with E-state index in [0.29, 0.717) is 12.1 Å². The topological polar surface area (TPSA) is 29.3 Å². The zero-order chi connectivity index (χ0) is 11.4. The van der Waals surface area contributed by atoms with Crippen LogP contribution in [0.5, 0.6) is 0 Å². The summed E-state index contributed by atoms with van der Waals surface area (Å²) in [5.41, 5.74) is 6.35. The molecule has 2 nitrogen and oxygen atoms in total. The fourth-order valence-corrected chi connectivity index (χ4v) is 1.31. The molecule has 2 N–H and O–H groups in total. The van der Waals surface area contributed by atoms with Crippen LogP contribution in [0.4, 0.5) is 0 Å². The highest BCUT2D eigenvalue weighted by Gasteiger charge is 2.20. The van der Waals surface area contributed by atoms with E-state index in [-0.39, 0.29) is 5.41 Å². The Morgan fingerprint density at radius 1 is 1.29 bits per heavy atom. The van der Waals surface area contributed by atoms with Gasteiger partial charge in [-0.2, -0.15) is 0 Å². The van der Waals surface area contributed by atoms with Crippen LogP contribution >= 0.6 is 0 Å². The van der Waals surface area contributed by atoms with Crippen LogP contribution < -0.4 is 5.73 Å². The van der Waals surface area contributed by atoms with Gasteiger partial charge in [0.2, 0.25) is 0 Å². The molecule has 2 heteroatoms. The summed E-state index contributed by atoms with van der Waals surface area (Å²) in [4.78, 5) is 2.39. The molecule has 0 bridgehead atoms. The molecule has 0 amide bonds. The van der Waals surface area contributed by atoms with Gasteiger partial charge in [0.1, 0.15) is 0 Å². The molecule has 2 unspecified atom stereocenters. The number of hydrogen-bond donors (Lipinski definition) is 1. The minimum Gasteiger partial charge on any atom is -0.327 e. The normalized spacial score (nSPS) is 17.1. The molecule has 0 saturated heterocycles. The maximum atomic E-state index is 6.11. The van der Waals surface area contributed by atoms with Crippen molar-refractivity contribution in [2.45, 2.75) is 59.5 Å². The molecule has 14 heavy (non-hydrogen) atoms. The summed E-state index contributed by atoms with van der Waals surface area (Å²) in [6, 6.07) is 0.969.